The lowest BCUT2D eigenvalue weighted by Gasteiger charge is -2.32. The Kier molecular flexibility index (Phi) is 4.15. The lowest BCUT2D eigenvalue weighted by molar-refractivity contribution is -0.122. The molecular weight excluding hydrogens is 176 g/mol. The maximum atomic E-state index is 10.8. The topological polar surface area (TPSA) is 133 Å². The molecular formula is C6H14N4O3. The van der Waals surface area contributed by atoms with Gasteiger partial charge in [0, 0.05) is 19.6 Å². The number of amides is 3. The van der Waals surface area contributed by atoms with Gasteiger partial charge in [-0.05, 0) is 0 Å². The molecule has 0 spiro atoms. The van der Waals surface area contributed by atoms with Crippen LogP contribution in [0.3, 0.4) is 0 Å². The van der Waals surface area contributed by atoms with Crippen molar-refractivity contribution < 1.29 is 15.1 Å². The summed E-state index contributed by atoms with van der Waals surface area (Å²) < 4.78 is 0. The molecule has 76 valence electrons. The van der Waals surface area contributed by atoms with E-state index in [9.17, 15) is 9.59 Å². The summed E-state index contributed by atoms with van der Waals surface area (Å²) in [5.74, 6) is -0.527. The highest BCUT2D eigenvalue weighted by molar-refractivity contribution is 5.85. The van der Waals surface area contributed by atoms with Gasteiger partial charge in [-0.15, -0.1) is 0 Å². The molecule has 0 aliphatic carbocycles. The first-order valence-corrected chi connectivity index (χ1v) is 3.69. The van der Waals surface area contributed by atoms with Crippen LogP contribution in [0.4, 0.5) is 4.79 Å². The maximum absolute atomic E-state index is 10.8. The van der Waals surface area contributed by atoms with Crippen molar-refractivity contribution in [1.82, 2.24) is 10.2 Å². The SMILES string of the molecule is NC(=O)C1CNCCN1C(N)=O.O. The molecule has 1 aliphatic rings. The Morgan fingerprint density at radius 1 is 1.38 bits per heavy atom. The minimum absolute atomic E-state index is 0. The van der Waals surface area contributed by atoms with E-state index in [1.807, 2.05) is 0 Å². The third-order valence-corrected chi connectivity index (χ3v) is 1.85. The van der Waals surface area contributed by atoms with Crippen LogP contribution >= 0.6 is 0 Å². The van der Waals surface area contributed by atoms with Crippen LogP contribution in [-0.2, 0) is 4.79 Å². The molecule has 0 radical (unpaired) electrons. The van der Waals surface area contributed by atoms with Crippen molar-refractivity contribution in [2.45, 2.75) is 6.04 Å². The number of hydrogen-bond acceptors (Lipinski definition) is 3. The van der Waals surface area contributed by atoms with Gasteiger partial charge in [0.15, 0.2) is 0 Å². The van der Waals surface area contributed by atoms with Crippen molar-refractivity contribution in [2.75, 3.05) is 19.6 Å². The van der Waals surface area contributed by atoms with Crippen molar-refractivity contribution in [3.8, 4) is 0 Å². The first-order chi connectivity index (χ1) is 5.63. The first kappa shape index (κ1) is 11.7. The molecule has 1 atom stereocenters. The van der Waals surface area contributed by atoms with Gasteiger partial charge in [-0.2, -0.15) is 0 Å². The van der Waals surface area contributed by atoms with Gasteiger partial charge in [0.2, 0.25) is 5.91 Å². The summed E-state index contributed by atoms with van der Waals surface area (Å²) in [7, 11) is 0. The van der Waals surface area contributed by atoms with Crippen molar-refractivity contribution in [2.24, 2.45) is 11.5 Å². The number of hydrogen-bond donors (Lipinski definition) is 3. The number of carbonyl (C=O) groups excluding carboxylic acids is 2. The van der Waals surface area contributed by atoms with Crippen molar-refractivity contribution in [3.05, 3.63) is 0 Å². The highest BCUT2D eigenvalue weighted by Crippen LogP contribution is 2.01. The molecule has 7 N–H and O–H groups in total. The van der Waals surface area contributed by atoms with Crippen LogP contribution in [0.15, 0.2) is 0 Å². The Bertz CT molecular complexity index is 186. The molecule has 1 saturated heterocycles. The fraction of sp³-hybridized carbons (Fsp3) is 0.667. The summed E-state index contributed by atoms with van der Waals surface area (Å²) in [6.07, 6.45) is 0. The second-order valence-corrected chi connectivity index (χ2v) is 2.65. The summed E-state index contributed by atoms with van der Waals surface area (Å²) in [6, 6.07) is -1.20. The van der Waals surface area contributed by atoms with E-state index in [1.54, 1.807) is 0 Å². The summed E-state index contributed by atoms with van der Waals surface area (Å²) in [4.78, 5) is 22.9. The van der Waals surface area contributed by atoms with Crippen LogP contribution in [0.2, 0.25) is 0 Å². The van der Waals surface area contributed by atoms with Crippen LogP contribution in [0.5, 0.6) is 0 Å². The number of nitrogens with one attached hydrogen (secondary N) is 1. The third-order valence-electron chi connectivity index (χ3n) is 1.85. The molecule has 0 aromatic carbocycles. The number of nitrogens with zero attached hydrogens (tertiary/aromatic N) is 1. The largest absolute Gasteiger partial charge is 0.412 e. The van der Waals surface area contributed by atoms with Gasteiger partial charge in [-0.3, -0.25) is 4.79 Å². The lowest BCUT2D eigenvalue weighted by atomic mass is 10.2. The number of rotatable bonds is 1. The van der Waals surface area contributed by atoms with Gasteiger partial charge in [-0.1, -0.05) is 0 Å². The normalized spacial score (nSPS) is 21.8. The van der Waals surface area contributed by atoms with E-state index in [0.29, 0.717) is 19.6 Å². The minimum atomic E-state index is -0.601. The van der Waals surface area contributed by atoms with Crippen LogP contribution in [0, 0.1) is 0 Å². The third kappa shape index (κ3) is 2.56. The molecule has 1 fully saturated rings. The average Bonchev–Trinajstić information content (AvgIpc) is 2.04. The summed E-state index contributed by atoms with van der Waals surface area (Å²) in [6.45, 7) is 1.47. The van der Waals surface area contributed by atoms with E-state index in [4.69, 9.17) is 11.5 Å². The number of urea groups is 1. The minimum Gasteiger partial charge on any atom is -0.412 e. The van der Waals surface area contributed by atoms with E-state index in [0.717, 1.165) is 0 Å². The zero-order valence-electron chi connectivity index (χ0n) is 7.12. The van der Waals surface area contributed by atoms with Crippen LogP contribution in [0.1, 0.15) is 0 Å². The molecule has 0 aromatic heterocycles. The van der Waals surface area contributed by atoms with E-state index in [1.165, 1.54) is 4.90 Å². The Morgan fingerprint density at radius 3 is 2.38 bits per heavy atom. The van der Waals surface area contributed by atoms with Crippen molar-refractivity contribution in [1.29, 1.82) is 0 Å². The van der Waals surface area contributed by atoms with E-state index in [2.05, 4.69) is 5.32 Å². The van der Waals surface area contributed by atoms with Crippen LogP contribution in [-0.4, -0.2) is 48.0 Å². The van der Waals surface area contributed by atoms with Crippen LogP contribution < -0.4 is 16.8 Å². The first-order valence-electron chi connectivity index (χ1n) is 3.69. The molecule has 7 heteroatoms. The van der Waals surface area contributed by atoms with Gasteiger partial charge in [0.05, 0.1) is 0 Å². The molecule has 1 aliphatic heterocycles. The molecule has 13 heavy (non-hydrogen) atoms. The Balaban J connectivity index is 0.00000144. The fourth-order valence-electron chi connectivity index (χ4n) is 1.22. The fourth-order valence-corrected chi connectivity index (χ4v) is 1.22. The molecule has 1 heterocycles. The second-order valence-electron chi connectivity index (χ2n) is 2.65. The number of nitrogens with two attached hydrogens (primary N) is 2. The standard InChI is InChI=1S/C6H12N4O2.H2O/c7-5(11)4-3-9-1-2-10(4)6(8)12;/h4,9H,1-3H2,(H2,7,11)(H2,8,12);1H2. The maximum Gasteiger partial charge on any atom is 0.315 e. The second kappa shape index (κ2) is 4.63. The quantitative estimate of drug-likeness (QED) is 0.406. The molecule has 0 saturated carbocycles. The number of primary amides is 2. The van der Waals surface area contributed by atoms with E-state index < -0.39 is 18.0 Å². The highest BCUT2D eigenvalue weighted by Gasteiger charge is 2.28. The smallest absolute Gasteiger partial charge is 0.315 e. The van der Waals surface area contributed by atoms with Crippen molar-refractivity contribution >= 4 is 11.9 Å². The van der Waals surface area contributed by atoms with Gasteiger partial charge in [0.1, 0.15) is 6.04 Å². The van der Waals surface area contributed by atoms with E-state index >= 15 is 0 Å². The average molecular weight is 190 g/mol. The molecule has 0 bridgehead atoms. The van der Waals surface area contributed by atoms with Gasteiger partial charge >= 0.3 is 6.03 Å². The van der Waals surface area contributed by atoms with Crippen molar-refractivity contribution in [3.63, 3.8) is 0 Å². The lowest BCUT2D eigenvalue weighted by Crippen LogP contribution is -2.60. The Morgan fingerprint density at radius 2 is 2.00 bits per heavy atom. The Labute approximate surface area is 75.4 Å². The molecule has 7 nitrogen and oxygen atoms in total. The van der Waals surface area contributed by atoms with Crippen LogP contribution in [0.25, 0.3) is 0 Å². The number of carbonyl (C=O) groups is 2. The molecule has 0 aromatic rings. The van der Waals surface area contributed by atoms with Gasteiger partial charge < -0.3 is 27.2 Å². The van der Waals surface area contributed by atoms with Gasteiger partial charge in [0.25, 0.3) is 0 Å². The Hall–Kier alpha value is -1.34. The predicted molar refractivity (Wildman–Crippen MR) is 45.8 cm³/mol. The number of piperazine rings is 1. The van der Waals surface area contributed by atoms with Gasteiger partial charge in [-0.25, -0.2) is 4.79 Å². The zero-order chi connectivity index (χ0) is 9.14. The highest BCUT2D eigenvalue weighted by atomic mass is 16.2. The molecule has 1 unspecified atom stereocenters. The predicted octanol–water partition coefficient (Wildman–Crippen LogP) is -3.00. The monoisotopic (exact) mass is 190 g/mol. The molecule has 3 amide bonds. The summed E-state index contributed by atoms with van der Waals surface area (Å²) in [5, 5.41) is 2.95. The molecule has 1 rings (SSSR count). The summed E-state index contributed by atoms with van der Waals surface area (Å²) in [5.41, 5.74) is 10.1. The zero-order valence-corrected chi connectivity index (χ0v) is 7.12. The summed E-state index contributed by atoms with van der Waals surface area (Å²) >= 11 is 0. The van der Waals surface area contributed by atoms with E-state index in [-0.39, 0.29) is 5.48 Å².